The Hall–Kier alpha value is -2.38. The monoisotopic (exact) mass is 271 g/mol. The quantitative estimate of drug-likeness (QED) is 0.622. The van der Waals surface area contributed by atoms with Crippen LogP contribution in [0.15, 0.2) is 30.3 Å². The largest absolute Gasteiger partial charge is 0.435 e. The highest BCUT2D eigenvalue weighted by atomic mass is 19.4. The third kappa shape index (κ3) is 2.56. The van der Waals surface area contributed by atoms with Crippen molar-refractivity contribution in [1.82, 2.24) is 9.78 Å². The minimum absolute atomic E-state index is 0.135. The Morgan fingerprint density at radius 3 is 2.26 bits per heavy atom. The van der Waals surface area contributed by atoms with Crippen molar-refractivity contribution in [1.29, 1.82) is 0 Å². The summed E-state index contributed by atoms with van der Waals surface area (Å²) >= 11 is 0. The van der Waals surface area contributed by atoms with Crippen LogP contribution in [0.4, 0.5) is 18.9 Å². The fraction of sp³-hybridized carbons (Fsp3) is 0.182. The summed E-state index contributed by atoms with van der Waals surface area (Å²) in [6.45, 7) is 1.48. The number of hydrogen-bond acceptors (Lipinski definition) is 3. The van der Waals surface area contributed by atoms with Crippen molar-refractivity contribution in [3.63, 3.8) is 0 Å². The van der Waals surface area contributed by atoms with Crippen LogP contribution in [0, 0.1) is 17.0 Å². The van der Waals surface area contributed by atoms with Crippen LogP contribution in [0.2, 0.25) is 0 Å². The van der Waals surface area contributed by atoms with E-state index < -0.39 is 16.8 Å². The van der Waals surface area contributed by atoms with Gasteiger partial charge in [-0.2, -0.15) is 18.3 Å². The van der Waals surface area contributed by atoms with Crippen LogP contribution >= 0.6 is 0 Å². The summed E-state index contributed by atoms with van der Waals surface area (Å²) < 4.78 is 38.6. The second-order valence-corrected chi connectivity index (χ2v) is 3.85. The molecule has 1 aromatic carbocycles. The minimum atomic E-state index is -4.52. The van der Waals surface area contributed by atoms with Crippen molar-refractivity contribution in [2.24, 2.45) is 0 Å². The van der Waals surface area contributed by atoms with Gasteiger partial charge in [-0.15, -0.1) is 0 Å². The zero-order valence-electron chi connectivity index (χ0n) is 9.68. The molecule has 0 aliphatic heterocycles. The fourth-order valence-electron chi connectivity index (χ4n) is 1.59. The maximum Gasteiger partial charge on any atom is 0.435 e. The normalized spacial score (nSPS) is 11.6. The predicted molar refractivity (Wildman–Crippen MR) is 60.0 cm³/mol. The summed E-state index contributed by atoms with van der Waals surface area (Å²) in [4.78, 5) is 9.90. The Morgan fingerprint density at radius 1 is 1.26 bits per heavy atom. The number of benzene rings is 1. The molecule has 1 heterocycles. The SMILES string of the molecule is Cc1cc(C(F)(F)F)nn1-c1ccc([N+](=O)[O-])cc1. The highest BCUT2D eigenvalue weighted by molar-refractivity contribution is 5.41. The highest BCUT2D eigenvalue weighted by Gasteiger charge is 2.34. The van der Waals surface area contributed by atoms with E-state index in [4.69, 9.17) is 0 Å². The summed E-state index contributed by atoms with van der Waals surface area (Å²) in [5, 5.41) is 13.9. The van der Waals surface area contributed by atoms with Gasteiger partial charge in [-0.1, -0.05) is 0 Å². The van der Waals surface area contributed by atoms with E-state index in [0.29, 0.717) is 11.4 Å². The molecule has 19 heavy (non-hydrogen) atoms. The molecule has 8 heteroatoms. The van der Waals surface area contributed by atoms with Crippen molar-refractivity contribution in [3.05, 3.63) is 51.8 Å². The van der Waals surface area contributed by atoms with Crippen LogP contribution in [-0.4, -0.2) is 14.7 Å². The minimum Gasteiger partial charge on any atom is -0.258 e. The average molecular weight is 271 g/mol. The first-order valence-corrected chi connectivity index (χ1v) is 5.18. The van der Waals surface area contributed by atoms with Gasteiger partial charge in [0.25, 0.3) is 5.69 Å². The van der Waals surface area contributed by atoms with Gasteiger partial charge in [0.1, 0.15) is 0 Å². The molecule has 0 spiro atoms. The summed E-state index contributed by atoms with van der Waals surface area (Å²) in [6.07, 6.45) is -4.52. The first kappa shape index (κ1) is 13.1. The van der Waals surface area contributed by atoms with Gasteiger partial charge in [0.15, 0.2) is 5.69 Å². The molecule has 0 fully saturated rings. The molecule has 0 aliphatic rings. The van der Waals surface area contributed by atoms with E-state index in [9.17, 15) is 23.3 Å². The number of nitrogens with zero attached hydrogens (tertiary/aromatic N) is 3. The smallest absolute Gasteiger partial charge is 0.258 e. The van der Waals surface area contributed by atoms with E-state index in [1.807, 2.05) is 0 Å². The molecule has 0 aliphatic carbocycles. The van der Waals surface area contributed by atoms with Crippen molar-refractivity contribution >= 4 is 5.69 Å². The van der Waals surface area contributed by atoms with Crippen LogP contribution in [-0.2, 0) is 6.18 Å². The third-order valence-electron chi connectivity index (χ3n) is 2.48. The van der Waals surface area contributed by atoms with Crippen LogP contribution in [0.3, 0.4) is 0 Å². The number of nitro benzene ring substituents is 1. The molecule has 0 N–H and O–H groups in total. The molecule has 0 bridgehead atoms. The highest BCUT2D eigenvalue weighted by Crippen LogP contribution is 2.29. The Balaban J connectivity index is 2.42. The van der Waals surface area contributed by atoms with Gasteiger partial charge in [-0.05, 0) is 25.1 Å². The number of halogens is 3. The van der Waals surface area contributed by atoms with Crippen molar-refractivity contribution in [2.75, 3.05) is 0 Å². The van der Waals surface area contributed by atoms with E-state index >= 15 is 0 Å². The maximum absolute atomic E-state index is 12.5. The van der Waals surface area contributed by atoms with Crippen LogP contribution in [0.1, 0.15) is 11.4 Å². The van der Waals surface area contributed by atoms with Gasteiger partial charge >= 0.3 is 6.18 Å². The topological polar surface area (TPSA) is 61.0 Å². The molecule has 0 saturated heterocycles. The average Bonchev–Trinajstić information content (AvgIpc) is 2.71. The summed E-state index contributed by atoms with van der Waals surface area (Å²) in [5.74, 6) is 0. The number of aromatic nitrogens is 2. The standard InChI is InChI=1S/C11H8F3N3O2/c1-7-6-10(11(12,13)14)15-16(7)8-2-4-9(5-3-8)17(18)19/h2-6H,1H3. The molecule has 5 nitrogen and oxygen atoms in total. The van der Waals surface area contributed by atoms with E-state index in [1.165, 1.54) is 31.2 Å². The Morgan fingerprint density at radius 2 is 1.84 bits per heavy atom. The number of hydrogen-bond donors (Lipinski definition) is 0. The molecule has 2 rings (SSSR count). The fourth-order valence-corrected chi connectivity index (χ4v) is 1.59. The third-order valence-corrected chi connectivity index (χ3v) is 2.48. The maximum atomic E-state index is 12.5. The molecule has 0 atom stereocenters. The summed E-state index contributed by atoms with van der Waals surface area (Å²) in [7, 11) is 0. The zero-order valence-corrected chi connectivity index (χ0v) is 9.68. The lowest BCUT2D eigenvalue weighted by Crippen LogP contribution is -2.07. The number of alkyl halides is 3. The molecular weight excluding hydrogens is 263 g/mol. The van der Waals surface area contributed by atoms with Gasteiger partial charge in [-0.3, -0.25) is 10.1 Å². The number of non-ortho nitro benzene ring substituents is 1. The second-order valence-electron chi connectivity index (χ2n) is 3.85. The summed E-state index contributed by atoms with van der Waals surface area (Å²) in [6, 6.07) is 6.03. The number of nitro groups is 1. The van der Waals surface area contributed by atoms with Gasteiger partial charge in [-0.25, -0.2) is 4.68 Å². The molecule has 100 valence electrons. The van der Waals surface area contributed by atoms with Crippen LogP contribution in [0.5, 0.6) is 0 Å². The van der Waals surface area contributed by atoms with Gasteiger partial charge < -0.3 is 0 Å². The van der Waals surface area contributed by atoms with E-state index in [-0.39, 0.29) is 5.69 Å². The van der Waals surface area contributed by atoms with Gasteiger partial charge in [0, 0.05) is 17.8 Å². The molecule has 0 amide bonds. The first-order valence-electron chi connectivity index (χ1n) is 5.18. The molecule has 0 radical (unpaired) electrons. The predicted octanol–water partition coefficient (Wildman–Crippen LogP) is 3.11. The number of aryl methyl sites for hydroxylation is 1. The van der Waals surface area contributed by atoms with Crippen molar-refractivity contribution in [3.8, 4) is 5.69 Å². The molecule has 2 aromatic rings. The van der Waals surface area contributed by atoms with Crippen LogP contribution < -0.4 is 0 Å². The molecular formula is C11H8F3N3O2. The lowest BCUT2D eigenvalue weighted by molar-refractivity contribution is -0.384. The van der Waals surface area contributed by atoms with Gasteiger partial charge in [0.05, 0.1) is 10.6 Å². The van der Waals surface area contributed by atoms with E-state index in [1.54, 1.807) is 0 Å². The summed E-state index contributed by atoms with van der Waals surface area (Å²) in [5.41, 5.74) is -0.507. The zero-order chi connectivity index (χ0) is 14.2. The van der Waals surface area contributed by atoms with E-state index in [0.717, 1.165) is 10.7 Å². The molecule has 0 saturated carbocycles. The van der Waals surface area contributed by atoms with Crippen molar-refractivity contribution in [2.45, 2.75) is 13.1 Å². The first-order chi connectivity index (χ1) is 8.79. The lowest BCUT2D eigenvalue weighted by atomic mass is 10.3. The van der Waals surface area contributed by atoms with Crippen molar-refractivity contribution < 1.29 is 18.1 Å². The Labute approximate surface area is 105 Å². The second kappa shape index (κ2) is 4.38. The molecule has 0 unspecified atom stereocenters. The molecule has 1 aromatic heterocycles. The Kier molecular flexibility index (Phi) is 3.01. The lowest BCUT2D eigenvalue weighted by Gasteiger charge is -2.04. The number of rotatable bonds is 2. The van der Waals surface area contributed by atoms with Crippen LogP contribution in [0.25, 0.3) is 5.69 Å². The van der Waals surface area contributed by atoms with E-state index in [2.05, 4.69) is 5.10 Å². The Bertz CT molecular complexity index is 617. The van der Waals surface area contributed by atoms with Gasteiger partial charge in [0.2, 0.25) is 0 Å².